The van der Waals surface area contributed by atoms with Gasteiger partial charge in [0, 0.05) is 18.5 Å². The topological polar surface area (TPSA) is 67.8 Å². The van der Waals surface area contributed by atoms with Crippen LogP contribution < -0.4 is 22.5 Å². The Bertz CT molecular complexity index is 1280. The van der Waals surface area contributed by atoms with Crippen molar-refractivity contribution in [3.63, 3.8) is 0 Å². The van der Waals surface area contributed by atoms with Crippen molar-refractivity contribution in [2.45, 2.75) is 44.4 Å². The third kappa shape index (κ3) is 8.59. The lowest BCUT2D eigenvalue weighted by Crippen LogP contribution is -3.00. The van der Waals surface area contributed by atoms with E-state index >= 15 is 0 Å². The molecule has 4 aromatic rings. The molecule has 2 unspecified atom stereocenters. The van der Waals surface area contributed by atoms with Crippen molar-refractivity contribution in [2.24, 2.45) is 0 Å². The fourth-order valence-electron chi connectivity index (χ4n) is 4.48. The molecule has 5 nitrogen and oxygen atoms in total. The van der Waals surface area contributed by atoms with E-state index in [9.17, 15) is 9.90 Å². The van der Waals surface area contributed by atoms with Gasteiger partial charge < -0.3 is 32.3 Å². The van der Waals surface area contributed by atoms with Crippen LogP contribution in [0, 0.1) is 0 Å². The van der Waals surface area contributed by atoms with Crippen molar-refractivity contribution in [3.8, 4) is 5.75 Å². The van der Waals surface area contributed by atoms with Crippen LogP contribution in [0.5, 0.6) is 5.75 Å². The molecule has 4 rings (SSSR count). The van der Waals surface area contributed by atoms with Crippen molar-refractivity contribution in [2.75, 3.05) is 13.2 Å². The summed E-state index contributed by atoms with van der Waals surface area (Å²) >= 11 is 0. The standard InChI is InChI=1S/C32H35NO4.ClH/c1-32(2,20-25-12-15-26-8-6-7-11-28(26)18-25)33-21-29(35)22-36-30-16-13-24(14-17-30)19-31(37-23-34)27-9-4-3-5-10-27;/h3-18,23,29,31,33,35H,19-22H2,1-2H3;1H/p-1. The second kappa shape index (κ2) is 14.0. The van der Waals surface area contributed by atoms with Crippen molar-refractivity contribution in [3.05, 3.63) is 114 Å². The summed E-state index contributed by atoms with van der Waals surface area (Å²) in [5.41, 5.74) is 3.06. The molecule has 4 aromatic carbocycles. The van der Waals surface area contributed by atoms with Crippen LogP contribution >= 0.6 is 0 Å². The molecule has 2 atom stereocenters. The maximum Gasteiger partial charge on any atom is 0.293 e. The summed E-state index contributed by atoms with van der Waals surface area (Å²) in [4.78, 5) is 11.0. The molecule has 0 amide bonds. The molecule has 0 saturated carbocycles. The van der Waals surface area contributed by atoms with Crippen LogP contribution in [-0.2, 0) is 22.4 Å². The molecule has 6 heteroatoms. The number of β-amino-alcohol motifs (C(OH)–C–C–N with tert-alkyl or cyclic N) is 1. The zero-order valence-corrected chi connectivity index (χ0v) is 22.6. The fourth-order valence-corrected chi connectivity index (χ4v) is 4.48. The number of aliphatic hydroxyl groups excluding tert-OH is 1. The fraction of sp³-hybridized carbons (Fsp3) is 0.281. The van der Waals surface area contributed by atoms with Gasteiger partial charge in [0.15, 0.2) is 0 Å². The summed E-state index contributed by atoms with van der Waals surface area (Å²) in [6, 6.07) is 32.3. The molecule has 0 fully saturated rings. The van der Waals surface area contributed by atoms with Gasteiger partial charge in [0.05, 0.1) is 0 Å². The number of hydrogen-bond acceptors (Lipinski definition) is 5. The van der Waals surface area contributed by atoms with E-state index in [1.807, 2.05) is 54.6 Å². The van der Waals surface area contributed by atoms with E-state index in [0.717, 1.165) is 17.5 Å². The molecule has 200 valence electrons. The largest absolute Gasteiger partial charge is 1.00 e. The number of halogens is 1. The number of nitrogens with one attached hydrogen (secondary N) is 1. The van der Waals surface area contributed by atoms with Gasteiger partial charge in [-0.2, -0.15) is 0 Å². The van der Waals surface area contributed by atoms with Crippen LogP contribution in [0.2, 0.25) is 0 Å². The smallest absolute Gasteiger partial charge is 0.293 e. The number of rotatable bonds is 13. The number of carbonyl (C=O) groups excluding carboxylic acids is 1. The lowest BCUT2D eigenvalue weighted by Gasteiger charge is -2.28. The zero-order chi connectivity index (χ0) is 26.1. The predicted octanol–water partition coefficient (Wildman–Crippen LogP) is 2.65. The Balaban J connectivity index is 0.00000400. The highest BCUT2D eigenvalue weighted by molar-refractivity contribution is 5.83. The molecule has 2 N–H and O–H groups in total. The normalized spacial score (nSPS) is 12.8. The van der Waals surface area contributed by atoms with Gasteiger partial charge in [-0.15, -0.1) is 0 Å². The van der Waals surface area contributed by atoms with Crippen LogP contribution in [0.25, 0.3) is 10.8 Å². The van der Waals surface area contributed by atoms with Crippen molar-refractivity contribution >= 4 is 17.2 Å². The van der Waals surface area contributed by atoms with Crippen LogP contribution in [0.15, 0.2) is 97.1 Å². The highest BCUT2D eigenvalue weighted by atomic mass is 35.5. The Kier molecular flexibility index (Phi) is 10.7. The molecule has 0 radical (unpaired) electrons. The monoisotopic (exact) mass is 532 g/mol. The van der Waals surface area contributed by atoms with Gasteiger partial charge in [-0.25, -0.2) is 0 Å². The highest BCUT2D eigenvalue weighted by Gasteiger charge is 2.20. The molecule has 0 aliphatic heterocycles. The van der Waals surface area contributed by atoms with E-state index in [0.29, 0.717) is 25.2 Å². The molecule has 0 aliphatic rings. The van der Waals surface area contributed by atoms with E-state index < -0.39 is 6.10 Å². The summed E-state index contributed by atoms with van der Waals surface area (Å²) in [6.07, 6.45) is 0.447. The highest BCUT2D eigenvalue weighted by Crippen LogP contribution is 2.23. The summed E-state index contributed by atoms with van der Waals surface area (Å²) in [7, 11) is 0. The van der Waals surface area contributed by atoms with Crippen molar-refractivity contribution < 1.29 is 31.8 Å². The average Bonchev–Trinajstić information content (AvgIpc) is 2.91. The zero-order valence-electron chi connectivity index (χ0n) is 21.8. The maximum absolute atomic E-state index is 11.0. The van der Waals surface area contributed by atoms with E-state index in [1.165, 1.54) is 16.3 Å². The summed E-state index contributed by atoms with van der Waals surface area (Å²) in [6.45, 7) is 5.41. The first-order valence-electron chi connectivity index (χ1n) is 12.7. The minimum atomic E-state index is -0.640. The molecular weight excluding hydrogens is 498 g/mol. The minimum absolute atomic E-state index is 0. The maximum atomic E-state index is 11.0. The van der Waals surface area contributed by atoms with Gasteiger partial charge in [0.25, 0.3) is 6.47 Å². The van der Waals surface area contributed by atoms with Gasteiger partial charge >= 0.3 is 0 Å². The molecule has 0 bridgehead atoms. The van der Waals surface area contributed by atoms with Crippen molar-refractivity contribution in [1.82, 2.24) is 5.32 Å². The molecule has 0 spiro atoms. The van der Waals surface area contributed by atoms with E-state index in [2.05, 4.69) is 61.6 Å². The third-order valence-electron chi connectivity index (χ3n) is 6.45. The number of hydrogen-bond donors (Lipinski definition) is 2. The number of benzene rings is 4. The first kappa shape index (κ1) is 29.2. The SMILES string of the molecule is CC(C)(Cc1ccc2ccccc2c1)NCC(O)COc1ccc(CC(OC=O)c2ccccc2)cc1.[Cl-]. The van der Waals surface area contributed by atoms with Gasteiger partial charge in [0.2, 0.25) is 0 Å². The summed E-state index contributed by atoms with van der Waals surface area (Å²) < 4.78 is 11.1. The first-order chi connectivity index (χ1) is 17.9. The summed E-state index contributed by atoms with van der Waals surface area (Å²) in [5, 5.41) is 16.5. The molecule has 0 aliphatic carbocycles. The Morgan fingerprint density at radius 2 is 1.53 bits per heavy atom. The Morgan fingerprint density at radius 1 is 0.868 bits per heavy atom. The van der Waals surface area contributed by atoms with E-state index in [4.69, 9.17) is 9.47 Å². The van der Waals surface area contributed by atoms with Crippen LogP contribution in [0.4, 0.5) is 0 Å². The van der Waals surface area contributed by atoms with E-state index in [1.54, 1.807) is 0 Å². The Labute approximate surface area is 231 Å². The minimum Gasteiger partial charge on any atom is -1.00 e. The second-order valence-electron chi connectivity index (χ2n) is 10.1. The predicted molar refractivity (Wildman–Crippen MR) is 148 cm³/mol. The van der Waals surface area contributed by atoms with Gasteiger partial charge in [-0.1, -0.05) is 84.9 Å². The Hall–Kier alpha value is -3.38. The molecule has 0 aromatic heterocycles. The molecule has 0 saturated heterocycles. The number of aliphatic hydroxyl groups is 1. The third-order valence-corrected chi connectivity index (χ3v) is 6.45. The first-order valence-corrected chi connectivity index (χ1v) is 12.7. The van der Waals surface area contributed by atoms with E-state index in [-0.39, 0.29) is 30.7 Å². The molecule has 0 heterocycles. The van der Waals surface area contributed by atoms with Crippen LogP contribution in [0.3, 0.4) is 0 Å². The quantitative estimate of drug-likeness (QED) is 0.259. The number of carbonyl (C=O) groups is 1. The van der Waals surface area contributed by atoms with Crippen LogP contribution in [0.1, 0.15) is 36.6 Å². The lowest BCUT2D eigenvalue weighted by atomic mass is 9.93. The van der Waals surface area contributed by atoms with Gasteiger partial charge in [0.1, 0.15) is 24.6 Å². The molecular formula is C32H35ClNO4-. The van der Waals surface area contributed by atoms with Gasteiger partial charge in [-0.3, -0.25) is 4.79 Å². The Morgan fingerprint density at radius 3 is 2.24 bits per heavy atom. The number of ether oxygens (including phenoxy) is 2. The summed E-state index contributed by atoms with van der Waals surface area (Å²) in [5.74, 6) is 0.686. The second-order valence-corrected chi connectivity index (χ2v) is 10.1. The van der Waals surface area contributed by atoms with Crippen LogP contribution in [-0.4, -0.2) is 36.4 Å². The number of fused-ring (bicyclic) bond motifs is 1. The average molecular weight is 533 g/mol. The molecule has 38 heavy (non-hydrogen) atoms. The lowest BCUT2D eigenvalue weighted by molar-refractivity contribution is -0.133. The van der Waals surface area contributed by atoms with Gasteiger partial charge in [-0.05, 0) is 59.9 Å². The van der Waals surface area contributed by atoms with Crippen molar-refractivity contribution in [1.29, 1.82) is 0 Å².